The van der Waals surface area contributed by atoms with Crippen LogP contribution < -0.4 is 9.47 Å². The Morgan fingerprint density at radius 2 is 1.85 bits per heavy atom. The maximum atomic E-state index is 11.9. The molecule has 1 aliphatic rings. The molecule has 0 saturated carbocycles. The largest absolute Gasteiger partial charge is 0.492 e. The second kappa shape index (κ2) is 5.82. The van der Waals surface area contributed by atoms with E-state index in [4.69, 9.17) is 9.47 Å². The molecule has 0 bridgehead atoms. The van der Waals surface area contributed by atoms with Crippen molar-refractivity contribution in [2.45, 2.75) is 43.0 Å². The van der Waals surface area contributed by atoms with E-state index in [2.05, 4.69) is 10.2 Å². The minimum Gasteiger partial charge on any atom is -0.492 e. The van der Waals surface area contributed by atoms with Crippen molar-refractivity contribution in [1.82, 2.24) is 10.2 Å². The summed E-state index contributed by atoms with van der Waals surface area (Å²) >= 11 is 0. The number of hydrogen-bond acceptors (Lipinski definition) is 8. The number of fused-ring (bicyclic) bond motifs is 1. The van der Waals surface area contributed by atoms with Crippen molar-refractivity contribution >= 4 is 9.84 Å². The van der Waals surface area contributed by atoms with E-state index in [1.165, 1.54) is 24.3 Å². The van der Waals surface area contributed by atoms with Crippen LogP contribution in [0.15, 0.2) is 35.2 Å². The Bertz CT molecular complexity index is 938. The number of benzene rings is 1. The Morgan fingerprint density at radius 3 is 2.42 bits per heavy atom. The molecule has 1 aliphatic heterocycles. The Labute approximate surface area is 151 Å². The summed E-state index contributed by atoms with van der Waals surface area (Å²) in [6.07, 6.45) is 0.128. The van der Waals surface area contributed by atoms with Gasteiger partial charge in [-0.05, 0) is 39.0 Å². The lowest BCUT2D eigenvalue weighted by Gasteiger charge is -2.48. The van der Waals surface area contributed by atoms with Crippen molar-refractivity contribution in [2.75, 3.05) is 6.26 Å². The van der Waals surface area contributed by atoms with Crippen LogP contribution in [0, 0.1) is 0 Å². The van der Waals surface area contributed by atoms with Crippen molar-refractivity contribution in [1.29, 1.82) is 0 Å². The minimum absolute atomic E-state index is 0.0708. The van der Waals surface area contributed by atoms with Gasteiger partial charge in [-0.25, -0.2) is 8.42 Å². The summed E-state index contributed by atoms with van der Waals surface area (Å²) in [5.74, 6) is 0.211. The van der Waals surface area contributed by atoms with Gasteiger partial charge in [-0.3, -0.25) is 0 Å². The quantitative estimate of drug-likeness (QED) is 0.825. The first-order valence-corrected chi connectivity index (χ1v) is 9.76. The summed E-state index contributed by atoms with van der Waals surface area (Å²) in [5.41, 5.74) is -2.16. The fraction of sp³-hybridized carbons (Fsp3) is 0.412. The van der Waals surface area contributed by atoms with Crippen molar-refractivity contribution < 1.29 is 28.1 Å². The first-order valence-electron chi connectivity index (χ1n) is 7.86. The fourth-order valence-electron chi connectivity index (χ4n) is 2.73. The maximum absolute atomic E-state index is 11.9. The smallest absolute Gasteiger partial charge is 0.234 e. The Kier molecular flexibility index (Phi) is 4.12. The predicted molar refractivity (Wildman–Crippen MR) is 91.9 cm³/mol. The van der Waals surface area contributed by atoms with Crippen LogP contribution in [-0.2, 0) is 9.84 Å². The molecule has 2 N–H and O–H groups in total. The highest BCUT2D eigenvalue weighted by Gasteiger charge is 2.54. The molecule has 2 unspecified atom stereocenters. The number of aromatic nitrogens is 2. The van der Waals surface area contributed by atoms with E-state index in [0.717, 1.165) is 6.26 Å². The molecule has 1 aromatic heterocycles. The van der Waals surface area contributed by atoms with Crippen molar-refractivity contribution in [3.63, 3.8) is 0 Å². The van der Waals surface area contributed by atoms with Gasteiger partial charge >= 0.3 is 0 Å². The molecule has 0 aliphatic carbocycles. The number of rotatable bonds is 3. The zero-order valence-corrected chi connectivity index (χ0v) is 15.6. The lowest BCUT2D eigenvalue weighted by Crippen LogP contribution is -2.59. The number of nitrogens with zero attached hydrogens (tertiary/aromatic N) is 2. The van der Waals surface area contributed by atoms with Crippen molar-refractivity contribution in [3.8, 4) is 17.5 Å². The van der Waals surface area contributed by atoms with E-state index in [0.29, 0.717) is 11.3 Å². The normalized spacial score (nSPS) is 24.4. The fourth-order valence-corrected chi connectivity index (χ4v) is 3.38. The summed E-state index contributed by atoms with van der Waals surface area (Å²) in [6, 6.07) is 7.12. The molecule has 2 heterocycles. The van der Waals surface area contributed by atoms with Crippen molar-refractivity contribution in [3.05, 3.63) is 35.9 Å². The molecule has 9 heteroatoms. The van der Waals surface area contributed by atoms with E-state index in [1.807, 2.05) is 0 Å². The van der Waals surface area contributed by atoms with Gasteiger partial charge in [0.2, 0.25) is 11.8 Å². The summed E-state index contributed by atoms with van der Waals surface area (Å²) in [7, 11) is -3.46. The van der Waals surface area contributed by atoms with Gasteiger partial charge < -0.3 is 19.7 Å². The topological polar surface area (TPSA) is 119 Å². The predicted octanol–water partition coefficient (Wildman–Crippen LogP) is 1.63. The van der Waals surface area contributed by atoms with Crippen molar-refractivity contribution in [2.24, 2.45) is 0 Å². The van der Waals surface area contributed by atoms with E-state index >= 15 is 0 Å². The zero-order chi connectivity index (χ0) is 19.3. The SMILES string of the molecule is CC1(C)Oc2ccc(S(C)(=O)=O)cc2C(Oc2ccc(O)nn2)C1(C)O. The van der Waals surface area contributed by atoms with Crippen LogP contribution in [0.2, 0.25) is 0 Å². The molecule has 3 rings (SSSR count). The second-order valence-corrected chi connectivity index (χ2v) is 8.98. The highest BCUT2D eigenvalue weighted by Crippen LogP contribution is 2.48. The minimum atomic E-state index is -3.46. The molecular weight excluding hydrogens is 360 g/mol. The third-order valence-corrected chi connectivity index (χ3v) is 5.76. The number of aliphatic hydroxyl groups is 1. The van der Waals surface area contributed by atoms with Gasteiger partial charge in [0.1, 0.15) is 17.0 Å². The Morgan fingerprint density at radius 1 is 1.15 bits per heavy atom. The molecule has 8 nitrogen and oxygen atoms in total. The molecular formula is C17H20N2O6S. The van der Waals surface area contributed by atoms with E-state index in [1.54, 1.807) is 26.8 Å². The molecule has 26 heavy (non-hydrogen) atoms. The van der Waals surface area contributed by atoms with Gasteiger partial charge in [-0.2, -0.15) is 0 Å². The number of ether oxygens (including phenoxy) is 2. The van der Waals surface area contributed by atoms with Crippen LogP contribution >= 0.6 is 0 Å². The molecule has 2 atom stereocenters. The molecule has 0 spiro atoms. The number of hydrogen-bond donors (Lipinski definition) is 2. The monoisotopic (exact) mass is 380 g/mol. The van der Waals surface area contributed by atoms with E-state index < -0.39 is 27.1 Å². The van der Waals surface area contributed by atoms with Crippen LogP contribution in [0.1, 0.15) is 32.4 Å². The number of sulfone groups is 1. The van der Waals surface area contributed by atoms with Crippen LogP contribution in [0.4, 0.5) is 0 Å². The Hall–Kier alpha value is -2.39. The van der Waals surface area contributed by atoms with Gasteiger partial charge in [0, 0.05) is 24.0 Å². The summed E-state index contributed by atoms with van der Waals surface area (Å²) in [5, 5.41) is 27.6. The summed E-state index contributed by atoms with van der Waals surface area (Å²) in [4.78, 5) is 0.0840. The van der Waals surface area contributed by atoms with Crippen LogP contribution in [0.25, 0.3) is 0 Å². The van der Waals surface area contributed by atoms with Crippen LogP contribution in [0.3, 0.4) is 0 Å². The summed E-state index contributed by atoms with van der Waals surface area (Å²) < 4.78 is 35.6. The van der Waals surface area contributed by atoms with E-state index in [-0.39, 0.29) is 16.7 Å². The van der Waals surface area contributed by atoms with Crippen LogP contribution in [0.5, 0.6) is 17.5 Å². The highest BCUT2D eigenvalue weighted by molar-refractivity contribution is 7.90. The van der Waals surface area contributed by atoms with Gasteiger partial charge in [0.25, 0.3) is 0 Å². The first kappa shape index (κ1) is 18.4. The number of aromatic hydroxyl groups is 1. The molecule has 1 aromatic carbocycles. The average molecular weight is 380 g/mol. The van der Waals surface area contributed by atoms with Gasteiger partial charge in [0.05, 0.1) is 4.90 Å². The maximum Gasteiger partial charge on any atom is 0.234 e. The third-order valence-electron chi connectivity index (χ3n) is 4.65. The lowest BCUT2D eigenvalue weighted by molar-refractivity contribution is -0.175. The molecule has 0 fully saturated rings. The first-order chi connectivity index (χ1) is 11.9. The van der Waals surface area contributed by atoms with Gasteiger partial charge in [-0.15, -0.1) is 10.2 Å². The average Bonchev–Trinajstić information content (AvgIpc) is 2.52. The molecule has 140 valence electrons. The zero-order valence-electron chi connectivity index (χ0n) is 14.8. The van der Waals surface area contributed by atoms with E-state index in [9.17, 15) is 18.6 Å². The third kappa shape index (κ3) is 3.08. The van der Waals surface area contributed by atoms with Gasteiger partial charge in [0.15, 0.2) is 15.9 Å². The second-order valence-electron chi connectivity index (χ2n) is 6.96. The lowest BCUT2D eigenvalue weighted by atomic mass is 9.77. The van der Waals surface area contributed by atoms with Gasteiger partial charge in [-0.1, -0.05) is 0 Å². The summed E-state index contributed by atoms with van der Waals surface area (Å²) in [6.45, 7) is 4.96. The molecule has 0 saturated heterocycles. The molecule has 0 radical (unpaired) electrons. The molecule has 0 amide bonds. The Balaban J connectivity index is 2.14. The molecule has 2 aromatic rings. The standard InChI is InChI=1S/C17H20N2O6S/c1-16(2)17(3,21)15(24-14-8-7-13(20)18-19-14)11-9-10(26(4,22)23)5-6-12(11)25-16/h5-9,15,21H,1-4H3,(H,18,20). The highest BCUT2D eigenvalue weighted by atomic mass is 32.2. The van der Waals surface area contributed by atoms with Crippen LogP contribution in [-0.4, -0.2) is 46.3 Å².